The molecule has 0 saturated carbocycles. The molecule has 0 radical (unpaired) electrons. The van der Waals surface area contributed by atoms with Crippen LogP contribution in [0.2, 0.25) is 0 Å². The van der Waals surface area contributed by atoms with E-state index in [0.717, 1.165) is 0 Å². The Morgan fingerprint density at radius 1 is 0.842 bits per heavy atom. The third kappa shape index (κ3) is 4.44. The molecule has 2 aromatic rings. The zero-order valence-electron chi connectivity index (χ0n) is 11.7. The predicted octanol–water partition coefficient (Wildman–Crippen LogP) is 1.57. The first-order valence-corrected chi connectivity index (χ1v) is 9.29. The highest BCUT2D eigenvalue weighted by atomic mass is 79.9. The average Bonchev–Trinajstić information content (AvgIpc) is 2.41. The smallest absolute Gasteiger partial charge is 0.0940 e. The third-order valence-electron chi connectivity index (χ3n) is 3.47. The zero-order chi connectivity index (χ0) is 12.8. The van der Waals surface area contributed by atoms with Gasteiger partial charge in [-0.1, -0.05) is 55.5 Å². The van der Waals surface area contributed by atoms with E-state index in [-0.39, 0.29) is 17.0 Å². The fourth-order valence-corrected chi connectivity index (χ4v) is 6.06. The lowest BCUT2D eigenvalue weighted by Crippen LogP contribution is -3.00. The van der Waals surface area contributed by atoms with E-state index in [1.165, 1.54) is 24.3 Å². The lowest BCUT2D eigenvalue weighted by Gasteiger charge is -2.22. The van der Waals surface area contributed by atoms with Gasteiger partial charge in [0.15, 0.2) is 0 Å². The Labute approximate surface area is 128 Å². The molecule has 102 valence electrons. The van der Waals surface area contributed by atoms with Gasteiger partial charge >= 0.3 is 0 Å². The van der Waals surface area contributed by atoms with E-state index < -0.39 is 7.26 Å². The molecule has 19 heavy (non-hydrogen) atoms. The molecule has 1 atom stereocenters. The molecule has 0 saturated heterocycles. The Kier molecular flexibility index (Phi) is 6.75. The van der Waals surface area contributed by atoms with Gasteiger partial charge in [-0.05, 0) is 24.1 Å². The van der Waals surface area contributed by atoms with E-state index in [1.807, 2.05) is 0 Å². The highest BCUT2D eigenvalue weighted by Gasteiger charge is 2.33. The highest BCUT2D eigenvalue weighted by Crippen LogP contribution is 2.57. The van der Waals surface area contributed by atoms with Crippen molar-refractivity contribution in [2.24, 2.45) is 0 Å². The van der Waals surface area contributed by atoms with Gasteiger partial charge in [0.1, 0.15) is 0 Å². The second-order valence-corrected chi connectivity index (χ2v) is 9.17. The number of rotatable bonds is 5. The Morgan fingerprint density at radius 2 is 1.37 bits per heavy atom. The Bertz CT molecular complexity index is 469. The maximum absolute atomic E-state index is 2.50. The maximum Gasteiger partial charge on any atom is 0.0940 e. The van der Waals surface area contributed by atoms with Gasteiger partial charge in [-0.3, -0.25) is 0 Å². The Morgan fingerprint density at radius 3 is 1.89 bits per heavy atom. The van der Waals surface area contributed by atoms with Crippen LogP contribution < -0.4 is 22.3 Å². The molecule has 0 N–H and O–H groups in total. The molecular formula is C17H22BrP. The number of halogens is 1. The van der Waals surface area contributed by atoms with Gasteiger partial charge in [-0.25, -0.2) is 0 Å². The SMILES string of the molecule is CCC[P+](C)(Cc1ccccc1)c1ccccc1.[Br-]. The van der Waals surface area contributed by atoms with E-state index in [4.69, 9.17) is 0 Å². The van der Waals surface area contributed by atoms with Crippen LogP contribution in [0, 0.1) is 0 Å². The van der Waals surface area contributed by atoms with E-state index in [1.54, 1.807) is 5.30 Å². The Hall–Kier alpha value is -0.650. The summed E-state index contributed by atoms with van der Waals surface area (Å²) in [5.74, 6) is 0. The van der Waals surface area contributed by atoms with Crippen LogP contribution in [0.4, 0.5) is 0 Å². The van der Waals surface area contributed by atoms with E-state index >= 15 is 0 Å². The van der Waals surface area contributed by atoms with Crippen LogP contribution >= 0.6 is 7.26 Å². The van der Waals surface area contributed by atoms with Crippen LogP contribution in [0.15, 0.2) is 60.7 Å². The molecular weight excluding hydrogens is 315 g/mol. The molecule has 0 aromatic heterocycles. The molecule has 0 aliphatic heterocycles. The molecule has 0 spiro atoms. The number of hydrogen-bond donors (Lipinski definition) is 0. The van der Waals surface area contributed by atoms with Crippen LogP contribution in [0.5, 0.6) is 0 Å². The molecule has 0 heterocycles. The van der Waals surface area contributed by atoms with Crippen LogP contribution in [-0.4, -0.2) is 12.8 Å². The molecule has 0 bridgehead atoms. The summed E-state index contributed by atoms with van der Waals surface area (Å²) in [5.41, 5.74) is 1.48. The second kappa shape index (κ2) is 7.82. The van der Waals surface area contributed by atoms with Gasteiger partial charge in [-0.2, -0.15) is 0 Å². The van der Waals surface area contributed by atoms with Crippen molar-refractivity contribution in [1.29, 1.82) is 0 Å². The first-order valence-electron chi connectivity index (χ1n) is 6.69. The Balaban J connectivity index is 0.00000180. The molecule has 0 nitrogen and oxygen atoms in total. The minimum Gasteiger partial charge on any atom is -1.00 e. The minimum absolute atomic E-state index is 0. The third-order valence-corrected chi connectivity index (χ3v) is 7.51. The second-order valence-electron chi connectivity index (χ2n) is 5.10. The molecule has 0 aliphatic carbocycles. The first kappa shape index (κ1) is 16.4. The molecule has 0 aliphatic rings. The van der Waals surface area contributed by atoms with Gasteiger partial charge < -0.3 is 17.0 Å². The van der Waals surface area contributed by atoms with Crippen molar-refractivity contribution >= 4 is 12.6 Å². The molecule has 2 aromatic carbocycles. The molecule has 2 heteroatoms. The summed E-state index contributed by atoms with van der Waals surface area (Å²) in [6, 6.07) is 22.0. The van der Waals surface area contributed by atoms with Gasteiger partial charge in [0.25, 0.3) is 0 Å². The molecule has 1 unspecified atom stereocenters. The monoisotopic (exact) mass is 336 g/mol. The van der Waals surface area contributed by atoms with Crippen molar-refractivity contribution in [3.05, 3.63) is 66.2 Å². The van der Waals surface area contributed by atoms with Crippen molar-refractivity contribution in [1.82, 2.24) is 0 Å². The molecule has 0 fully saturated rings. The summed E-state index contributed by atoms with van der Waals surface area (Å²) in [7, 11) is -1.04. The van der Waals surface area contributed by atoms with Crippen molar-refractivity contribution in [2.75, 3.05) is 12.8 Å². The van der Waals surface area contributed by atoms with Gasteiger partial charge in [-0.15, -0.1) is 0 Å². The van der Waals surface area contributed by atoms with Gasteiger partial charge in [0.05, 0.1) is 24.3 Å². The largest absolute Gasteiger partial charge is 1.00 e. The van der Waals surface area contributed by atoms with Crippen molar-refractivity contribution in [3.63, 3.8) is 0 Å². The van der Waals surface area contributed by atoms with E-state index in [2.05, 4.69) is 74.3 Å². The van der Waals surface area contributed by atoms with Crippen molar-refractivity contribution in [2.45, 2.75) is 19.5 Å². The summed E-state index contributed by atoms with van der Waals surface area (Å²) >= 11 is 0. The standard InChI is InChI=1S/C17H22P.BrH/c1-3-14-18(2,17-12-8-5-9-13-17)15-16-10-6-4-7-11-16;/h4-13H,3,14-15H2,1-2H3;1H/q+1;/p-1. The van der Waals surface area contributed by atoms with Crippen LogP contribution in [0.25, 0.3) is 0 Å². The predicted molar refractivity (Wildman–Crippen MR) is 84.2 cm³/mol. The number of hydrogen-bond acceptors (Lipinski definition) is 0. The van der Waals surface area contributed by atoms with Crippen LogP contribution in [0.3, 0.4) is 0 Å². The first-order chi connectivity index (χ1) is 8.74. The van der Waals surface area contributed by atoms with Crippen molar-refractivity contribution in [3.8, 4) is 0 Å². The van der Waals surface area contributed by atoms with Gasteiger partial charge in [0, 0.05) is 7.26 Å². The topological polar surface area (TPSA) is 0 Å². The minimum atomic E-state index is -1.04. The lowest BCUT2D eigenvalue weighted by molar-refractivity contribution is -0.00000384. The number of benzene rings is 2. The van der Waals surface area contributed by atoms with E-state index in [9.17, 15) is 0 Å². The molecule has 2 rings (SSSR count). The van der Waals surface area contributed by atoms with E-state index in [0.29, 0.717) is 0 Å². The summed E-state index contributed by atoms with van der Waals surface area (Å²) in [4.78, 5) is 0. The zero-order valence-corrected chi connectivity index (χ0v) is 14.2. The summed E-state index contributed by atoms with van der Waals surface area (Å²) in [6.45, 7) is 4.80. The lowest BCUT2D eigenvalue weighted by atomic mass is 10.2. The summed E-state index contributed by atoms with van der Waals surface area (Å²) in [5, 5.41) is 1.57. The van der Waals surface area contributed by atoms with Crippen LogP contribution in [0.1, 0.15) is 18.9 Å². The van der Waals surface area contributed by atoms with Gasteiger partial charge in [0.2, 0.25) is 0 Å². The summed E-state index contributed by atoms with van der Waals surface area (Å²) in [6.07, 6.45) is 3.84. The fraction of sp³-hybridized carbons (Fsp3) is 0.294. The quantitative estimate of drug-likeness (QED) is 0.727. The van der Waals surface area contributed by atoms with Crippen LogP contribution in [-0.2, 0) is 6.16 Å². The summed E-state index contributed by atoms with van der Waals surface area (Å²) < 4.78 is 0. The molecule has 0 amide bonds. The van der Waals surface area contributed by atoms with Crippen molar-refractivity contribution < 1.29 is 17.0 Å². The maximum atomic E-state index is 2.50. The average molecular weight is 337 g/mol. The normalized spacial score (nSPS) is 13.4. The fourth-order valence-electron chi connectivity index (χ4n) is 2.57. The highest BCUT2D eigenvalue weighted by molar-refractivity contribution is 7.81.